The van der Waals surface area contributed by atoms with E-state index in [0.29, 0.717) is 16.7 Å². The smallest absolute Gasteiger partial charge is 0.224 e. The van der Waals surface area contributed by atoms with Crippen molar-refractivity contribution in [3.63, 3.8) is 0 Å². The number of amides is 1. The van der Waals surface area contributed by atoms with E-state index < -0.39 is 5.82 Å². The second-order valence-electron chi connectivity index (χ2n) is 2.60. The molecular weight excluding hydrogens is 399 g/mol. The number of anilines is 1. The number of carbonyl (C=O) groups excluding carboxylic acids is 1. The van der Waals surface area contributed by atoms with Crippen LogP contribution in [0.2, 0.25) is 0 Å². The summed E-state index contributed by atoms with van der Waals surface area (Å²) < 4.78 is 14.0. The summed E-state index contributed by atoms with van der Waals surface area (Å²) in [5, 5.41) is 2.54. The Bertz CT molecular complexity index is 411. The van der Waals surface area contributed by atoms with Gasteiger partial charge in [0.15, 0.2) is 5.82 Å². The summed E-state index contributed by atoms with van der Waals surface area (Å²) in [7, 11) is 0. The van der Waals surface area contributed by atoms with Crippen LogP contribution >= 0.6 is 47.8 Å². The first-order chi connectivity index (χ1) is 6.97. The Morgan fingerprint density at radius 2 is 2.00 bits per heavy atom. The van der Waals surface area contributed by atoms with Crippen LogP contribution in [0.3, 0.4) is 0 Å². The van der Waals surface area contributed by atoms with Crippen molar-refractivity contribution in [3.8, 4) is 0 Å². The van der Waals surface area contributed by atoms with Gasteiger partial charge in [-0.15, -0.1) is 0 Å². The van der Waals surface area contributed by atoms with Gasteiger partial charge >= 0.3 is 0 Å². The van der Waals surface area contributed by atoms with Crippen LogP contribution in [0.5, 0.6) is 0 Å². The lowest BCUT2D eigenvalue weighted by atomic mass is 10.3. The molecule has 1 heterocycles. The highest BCUT2D eigenvalue weighted by Crippen LogP contribution is 2.34. The number of nitrogens with zero attached hydrogens (tertiary/aromatic N) is 1. The first kappa shape index (κ1) is 13.1. The van der Waals surface area contributed by atoms with Gasteiger partial charge in [0, 0.05) is 6.42 Å². The topological polar surface area (TPSA) is 42.0 Å². The predicted molar refractivity (Wildman–Crippen MR) is 66.2 cm³/mol. The van der Waals surface area contributed by atoms with Crippen LogP contribution in [0.4, 0.5) is 10.1 Å². The van der Waals surface area contributed by atoms with Crippen molar-refractivity contribution in [3.05, 3.63) is 19.5 Å². The number of halogens is 4. The van der Waals surface area contributed by atoms with Crippen LogP contribution in [0.15, 0.2) is 13.7 Å². The van der Waals surface area contributed by atoms with Crippen LogP contribution < -0.4 is 5.32 Å². The number of rotatable bonds is 2. The molecule has 7 heteroatoms. The second-order valence-corrected chi connectivity index (χ2v) is 4.89. The highest BCUT2D eigenvalue weighted by Gasteiger charge is 2.16. The van der Waals surface area contributed by atoms with Gasteiger partial charge in [-0.3, -0.25) is 4.79 Å². The first-order valence-corrected chi connectivity index (χ1v) is 6.35. The summed E-state index contributed by atoms with van der Waals surface area (Å²) in [4.78, 5) is 15.0. The molecule has 0 radical (unpaired) electrons. The highest BCUT2D eigenvalue weighted by atomic mass is 79.9. The maximum absolute atomic E-state index is 13.4. The summed E-state index contributed by atoms with van der Waals surface area (Å²) in [6.45, 7) is 1.71. The Hall–Kier alpha value is -0.0100. The third-order valence-electron chi connectivity index (χ3n) is 1.58. The molecule has 0 bridgehead atoms. The lowest BCUT2D eigenvalue weighted by Crippen LogP contribution is -2.11. The van der Waals surface area contributed by atoms with Gasteiger partial charge in [-0.05, 0) is 47.8 Å². The van der Waals surface area contributed by atoms with E-state index in [-0.39, 0.29) is 15.0 Å². The van der Waals surface area contributed by atoms with Gasteiger partial charge in [-0.25, -0.2) is 9.37 Å². The Morgan fingerprint density at radius 3 is 2.53 bits per heavy atom. The zero-order valence-corrected chi connectivity index (χ0v) is 12.3. The van der Waals surface area contributed by atoms with Crippen molar-refractivity contribution < 1.29 is 9.18 Å². The molecule has 15 heavy (non-hydrogen) atoms. The minimum atomic E-state index is -0.551. The molecule has 1 N–H and O–H groups in total. The maximum Gasteiger partial charge on any atom is 0.224 e. The number of carbonyl (C=O) groups is 1. The Balaban J connectivity index is 3.18. The SMILES string of the molecule is CCC(=O)Nc1c(Br)nc(Br)c(F)c1Br. The quantitative estimate of drug-likeness (QED) is 0.760. The molecule has 0 aromatic carbocycles. The number of aromatic nitrogens is 1. The van der Waals surface area contributed by atoms with Gasteiger partial charge in [0.2, 0.25) is 5.91 Å². The molecule has 0 fully saturated rings. The van der Waals surface area contributed by atoms with Crippen molar-refractivity contribution in [2.75, 3.05) is 5.32 Å². The standard InChI is InChI=1S/C8H6Br3FN2O/c1-2-3(15)13-6-4(9)5(12)7(10)14-8(6)11/h2H2,1H3,(H,13,15). The molecule has 0 aliphatic rings. The molecule has 0 spiro atoms. The van der Waals surface area contributed by atoms with Crippen LogP contribution in [0.25, 0.3) is 0 Å². The monoisotopic (exact) mass is 402 g/mol. The molecule has 1 amide bonds. The summed E-state index contributed by atoms with van der Waals surface area (Å²) >= 11 is 9.14. The van der Waals surface area contributed by atoms with Gasteiger partial charge in [0.05, 0.1) is 10.2 Å². The van der Waals surface area contributed by atoms with Crippen LogP contribution in [-0.4, -0.2) is 10.9 Å². The van der Waals surface area contributed by atoms with Gasteiger partial charge in [0.25, 0.3) is 0 Å². The van der Waals surface area contributed by atoms with E-state index in [9.17, 15) is 9.18 Å². The third-order valence-corrected chi connectivity index (χ3v) is 3.43. The minimum absolute atomic E-state index is 0.0794. The van der Waals surface area contributed by atoms with Crippen LogP contribution in [-0.2, 0) is 4.79 Å². The summed E-state index contributed by atoms with van der Waals surface area (Å²) in [6, 6.07) is 0. The molecule has 3 nitrogen and oxygen atoms in total. The average Bonchev–Trinajstić information content (AvgIpc) is 2.21. The van der Waals surface area contributed by atoms with Crippen molar-refractivity contribution in [1.29, 1.82) is 0 Å². The van der Waals surface area contributed by atoms with Crippen molar-refractivity contribution in [1.82, 2.24) is 4.98 Å². The molecule has 0 aliphatic heterocycles. The lowest BCUT2D eigenvalue weighted by Gasteiger charge is -2.09. The predicted octanol–water partition coefficient (Wildman–Crippen LogP) is 3.86. The van der Waals surface area contributed by atoms with E-state index in [1.54, 1.807) is 6.92 Å². The van der Waals surface area contributed by atoms with E-state index in [2.05, 4.69) is 58.1 Å². The van der Waals surface area contributed by atoms with Gasteiger partial charge in [-0.1, -0.05) is 6.92 Å². The highest BCUT2D eigenvalue weighted by molar-refractivity contribution is 9.11. The van der Waals surface area contributed by atoms with Gasteiger partial charge in [0.1, 0.15) is 9.21 Å². The molecule has 0 atom stereocenters. The summed E-state index contributed by atoms with van der Waals surface area (Å²) in [5.41, 5.74) is 0.294. The molecule has 1 aromatic rings. The number of pyridine rings is 1. The molecule has 0 aliphatic carbocycles. The van der Waals surface area contributed by atoms with Gasteiger partial charge in [-0.2, -0.15) is 0 Å². The van der Waals surface area contributed by atoms with Crippen molar-refractivity contribution >= 4 is 59.4 Å². The van der Waals surface area contributed by atoms with Crippen LogP contribution in [0, 0.1) is 5.82 Å². The summed E-state index contributed by atoms with van der Waals surface area (Å²) in [5.74, 6) is -0.760. The van der Waals surface area contributed by atoms with E-state index in [1.165, 1.54) is 0 Å². The Labute approximate surface area is 111 Å². The number of hydrogen-bond acceptors (Lipinski definition) is 2. The normalized spacial score (nSPS) is 10.2. The van der Waals surface area contributed by atoms with Crippen LogP contribution in [0.1, 0.15) is 13.3 Å². The minimum Gasteiger partial charge on any atom is -0.323 e. The Morgan fingerprint density at radius 1 is 1.40 bits per heavy atom. The van der Waals surface area contributed by atoms with E-state index in [0.717, 1.165) is 0 Å². The second kappa shape index (κ2) is 5.36. The lowest BCUT2D eigenvalue weighted by molar-refractivity contribution is -0.115. The number of hydrogen-bond donors (Lipinski definition) is 1. The van der Waals surface area contributed by atoms with Gasteiger partial charge < -0.3 is 5.32 Å². The first-order valence-electron chi connectivity index (χ1n) is 3.97. The molecule has 1 rings (SSSR count). The number of nitrogens with one attached hydrogen (secondary N) is 1. The van der Waals surface area contributed by atoms with Crippen molar-refractivity contribution in [2.24, 2.45) is 0 Å². The third kappa shape index (κ3) is 2.98. The maximum atomic E-state index is 13.4. The molecule has 0 saturated carbocycles. The largest absolute Gasteiger partial charge is 0.323 e. The van der Waals surface area contributed by atoms with Crippen molar-refractivity contribution in [2.45, 2.75) is 13.3 Å². The molecule has 0 unspecified atom stereocenters. The fourth-order valence-electron chi connectivity index (χ4n) is 0.816. The molecule has 0 saturated heterocycles. The summed E-state index contributed by atoms with van der Waals surface area (Å²) in [6.07, 6.45) is 0.316. The fourth-order valence-corrected chi connectivity index (χ4v) is 2.91. The average molecular weight is 405 g/mol. The van der Waals surface area contributed by atoms with E-state index >= 15 is 0 Å². The Kier molecular flexibility index (Phi) is 4.66. The van der Waals surface area contributed by atoms with E-state index in [1.807, 2.05) is 0 Å². The molecular formula is C8H6Br3FN2O. The fraction of sp³-hybridized carbons (Fsp3) is 0.250. The molecule has 82 valence electrons. The zero-order valence-electron chi connectivity index (χ0n) is 7.57. The molecule has 1 aromatic heterocycles. The zero-order chi connectivity index (χ0) is 11.6. The van der Waals surface area contributed by atoms with E-state index in [4.69, 9.17) is 0 Å².